The number of nitrogens with zero attached hydrogens (tertiary/aromatic N) is 3. The first kappa shape index (κ1) is 25.0. The number of carbonyl (C=O) groups is 1. The van der Waals surface area contributed by atoms with Crippen molar-refractivity contribution in [2.75, 3.05) is 11.9 Å². The van der Waals surface area contributed by atoms with E-state index in [1.54, 1.807) is 22.9 Å². The van der Waals surface area contributed by atoms with Gasteiger partial charge < -0.3 is 21.6 Å². The van der Waals surface area contributed by atoms with Crippen molar-refractivity contribution in [1.82, 2.24) is 15.2 Å². The first-order valence-electron chi connectivity index (χ1n) is 12.4. The second-order valence-corrected chi connectivity index (χ2v) is 10.4. The maximum Gasteiger partial charge on any atom is 0.237 e. The number of benzene rings is 3. The van der Waals surface area contributed by atoms with Crippen LogP contribution in [0.15, 0.2) is 48.5 Å². The van der Waals surface area contributed by atoms with Crippen molar-refractivity contribution in [2.45, 2.75) is 52.2 Å². The number of aryl methyl sites for hydroxylation is 3. The van der Waals surface area contributed by atoms with E-state index >= 15 is 0 Å². The fourth-order valence-electron chi connectivity index (χ4n) is 5.29. The molecular weight excluding hydrogens is 488 g/mol. The average Bonchev–Trinajstić information content (AvgIpc) is 3.15. The van der Waals surface area contributed by atoms with E-state index in [4.69, 9.17) is 17.3 Å². The Labute approximate surface area is 221 Å². The lowest BCUT2D eigenvalue weighted by atomic mass is 9.93. The summed E-state index contributed by atoms with van der Waals surface area (Å²) in [7, 11) is 0. The molecule has 0 saturated carbocycles. The Bertz CT molecular complexity index is 1470. The van der Waals surface area contributed by atoms with Crippen LogP contribution < -0.4 is 21.2 Å². The van der Waals surface area contributed by atoms with Crippen LogP contribution in [0.2, 0.25) is 5.02 Å². The van der Waals surface area contributed by atoms with Gasteiger partial charge in [0.25, 0.3) is 0 Å². The number of halogens is 1. The Morgan fingerprint density at radius 2 is 1.97 bits per heavy atom. The van der Waals surface area contributed by atoms with Gasteiger partial charge in [0, 0.05) is 23.3 Å². The molecule has 1 amide bonds. The molecule has 3 aromatic carbocycles. The predicted octanol–water partition coefficient (Wildman–Crippen LogP) is 3.84. The van der Waals surface area contributed by atoms with E-state index < -0.39 is 6.04 Å². The van der Waals surface area contributed by atoms with Crippen LogP contribution in [0.4, 0.5) is 5.69 Å². The molecular formula is C28H31ClN6O2. The summed E-state index contributed by atoms with van der Waals surface area (Å²) in [6.07, 6.45) is 1.24. The third-order valence-electron chi connectivity index (χ3n) is 7.10. The number of carbonyl (C=O) groups excluding carboxylic acids is 1. The summed E-state index contributed by atoms with van der Waals surface area (Å²) >= 11 is 6.15. The van der Waals surface area contributed by atoms with Gasteiger partial charge in [0.15, 0.2) is 0 Å². The zero-order valence-corrected chi connectivity index (χ0v) is 22.0. The lowest BCUT2D eigenvalue weighted by Gasteiger charge is -2.29. The maximum absolute atomic E-state index is 13.2. The number of hydrogen-bond acceptors (Lipinski definition) is 5. The minimum absolute atomic E-state index is 0.164. The number of nitrogens with one attached hydrogen (secondary N) is 2. The first-order valence-corrected chi connectivity index (χ1v) is 12.8. The highest BCUT2D eigenvalue weighted by Crippen LogP contribution is 2.31. The van der Waals surface area contributed by atoms with Gasteiger partial charge in [-0.3, -0.25) is 4.79 Å². The fourth-order valence-corrected chi connectivity index (χ4v) is 5.46. The monoisotopic (exact) mass is 518 g/mol. The largest absolute Gasteiger partial charge is 0.691 e. The van der Waals surface area contributed by atoms with Gasteiger partial charge in [-0.05, 0) is 85.7 Å². The van der Waals surface area contributed by atoms with E-state index in [1.165, 1.54) is 5.56 Å². The van der Waals surface area contributed by atoms with Crippen LogP contribution in [-0.2, 0) is 17.8 Å². The number of nitrogens with two attached hydrogens (primary N) is 1. The quantitative estimate of drug-likeness (QED) is 0.265. The lowest BCUT2D eigenvalue weighted by molar-refractivity contribution is -0.646. The van der Waals surface area contributed by atoms with Crippen molar-refractivity contribution >= 4 is 34.2 Å². The summed E-state index contributed by atoms with van der Waals surface area (Å²) in [5, 5.41) is 23.5. The molecule has 8 nitrogen and oxygen atoms in total. The standard InChI is InChI=1S/C28H31ClN6O2/c1-16-10-17(2)21(18(3)11-16)14-23(30)28(36)32-25-8-9-31-24-6-4-19(12-22(24)25)15-34-27-13-20(29)5-7-26(27)35(37)33-34/h4-7,10-13,23,25,31H,8-9,14-15,30H2,1-3H3,(H,32,36)/t23-,25+/m0/s1. The fraction of sp³-hybridized carbons (Fsp3) is 0.321. The minimum Gasteiger partial charge on any atom is -0.691 e. The normalized spacial score (nSPS) is 15.8. The number of rotatable bonds is 6. The molecule has 0 fully saturated rings. The second kappa shape index (κ2) is 10.0. The van der Waals surface area contributed by atoms with Crippen molar-refractivity contribution in [3.63, 3.8) is 0 Å². The van der Waals surface area contributed by atoms with E-state index in [9.17, 15) is 10.0 Å². The molecule has 192 valence electrons. The van der Waals surface area contributed by atoms with Crippen LogP contribution in [0, 0.1) is 26.0 Å². The third-order valence-corrected chi connectivity index (χ3v) is 7.34. The van der Waals surface area contributed by atoms with Crippen LogP contribution in [0.5, 0.6) is 0 Å². The van der Waals surface area contributed by atoms with Gasteiger partial charge in [-0.25, -0.2) is 0 Å². The molecule has 5 rings (SSSR count). The highest BCUT2D eigenvalue weighted by Gasteiger charge is 2.26. The summed E-state index contributed by atoms with van der Waals surface area (Å²) in [5.74, 6) is -0.164. The van der Waals surface area contributed by atoms with Crippen LogP contribution >= 0.6 is 11.6 Å². The van der Waals surface area contributed by atoms with E-state index in [2.05, 4.69) is 54.8 Å². The number of amides is 1. The highest BCUT2D eigenvalue weighted by molar-refractivity contribution is 6.31. The van der Waals surface area contributed by atoms with Gasteiger partial charge in [0.1, 0.15) is 6.54 Å². The number of fused-ring (bicyclic) bond motifs is 2. The predicted molar refractivity (Wildman–Crippen MR) is 146 cm³/mol. The summed E-state index contributed by atoms with van der Waals surface area (Å²) in [6.45, 7) is 7.35. The van der Waals surface area contributed by atoms with Crippen molar-refractivity contribution in [1.29, 1.82) is 0 Å². The average molecular weight is 519 g/mol. The van der Waals surface area contributed by atoms with Crippen molar-refractivity contribution in [3.05, 3.63) is 92.1 Å². The molecule has 1 aromatic heterocycles. The maximum atomic E-state index is 13.2. The Balaban J connectivity index is 1.35. The molecule has 0 spiro atoms. The summed E-state index contributed by atoms with van der Waals surface area (Å²) < 4.78 is 1.64. The Morgan fingerprint density at radius 3 is 2.73 bits per heavy atom. The Morgan fingerprint density at radius 1 is 1.22 bits per heavy atom. The van der Waals surface area contributed by atoms with E-state index in [0.29, 0.717) is 33.9 Å². The molecule has 4 aromatic rings. The van der Waals surface area contributed by atoms with Gasteiger partial charge in [0.05, 0.1) is 17.3 Å². The molecule has 9 heteroatoms. The van der Waals surface area contributed by atoms with Gasteiger partial charge in [-0.15, -0.1) is 9.53 Å². The highest BCUT2D eigenvalue weighted by atomic mass is 35.5. The zero-order valence-electron chi connectivity index (χ0n) is 21.2. The molecule has 37 heavy (non-hydrogen) atoms. The van der Waals surface area contributed by atoms with Crippen molar-refractivity contribution in [3.8, 4) is 0 Å². The molecule has 1 aliphatic rings. The topological polar surface area (TPSA) is 112 Å². The summed E-state index contributed by atoms with van der Waals surface area (Å²) in [5.41, 5.74) is 15.1. The van der Waals surface area contributed by atoms with Crippen LogP contribution in [-0.4, -0.2) is 28.4 Å². The molecule has 2 atom stereocenters. The van der Waals surface area contributed by atoms with E-state index in [0.717, 1.165) is 46.5 Å². The summed E-state index contributed by atoms with van der Waals surface area (Å²) in [6, 6.07) is 14.6. The van der Waals surface area contributed by atoms with Crippen LogP contribution in [0.3, 0.4) is 0 Å². The summed E-state index contributed by atoms with van der Waals surface area (Å²) in [4.78, 5) is 13.8. The molecule has 0 aliphatic carbocycles. The lowest BCUT2D eigenvalue weighted by Crippen LogP contribution is -2.44. The number of hydrogen-bond donors (Lipinski definition) is 3. The van der Waals surface area contributed by atoms with Gasteiger partial charge in [0.2, 0.25) is 16.9 Å². The molecule has 2 heterocycles. The Hall–Kier alpha value is -3.62. The molecule has 0 radical (unpaired) electrons. The molecule has 4 N–H and O–H groups in total. The van der Waals surface area contributed by atoms with Crippen molar-refractivity contribution < 1.29 is 9.64 Å². The smallest absolute Gasteiger partial charge is 0.237 e. The minimum atomic E-state index is -0.644. The van der Waals surface area contributed by atoms with Gasteiger partial charge in [-0.1, -0.05) is 35.4 Å². The second-order valence-electron chi connectivity index (χ2n) is 9.94. The number of aromatic nitrogens is 3. The van der Waals surface area contributed by atoms with Crippen molar-refractivity contribution in [2.24, 2.45) is 5.73 Å². The molecule has 0 saturated heterocycles. The van der Waals surface area contributed by atoms with Crippen LogP contribution in [0.1, 0.15) is 45.8 Å². The van der Waals surface area contributed by atoms with E-state index in [1.807, 2.05) is 12.1 Å². The third kappa shape index (κ3) is 5.12. The first-order chi connectivity index (χ1) is 17.7. The molecule has 0 unspecified atom stereocenters. The van der Waals surface area contributed by atoms with Gasteiger partial charge >= 0.3 is 0 Å². The Kier molecular flexibility index (Phi) is 6.79. The zero-order chi connectivity index (χ0) is 26.3. The molecule has 0 bridgehead atoms. The number of anilines is 1. The molecule has 1 aliphatic heterocycles. The van der Waals surface area contributed by atoms with E-state index in [-0.39, 0.29) is 11.9 Å². The SMILES string of the molecule is Cc1cc(C)c(C[C@H](N)C(=O)N[C@@H]2CCNc3ccc(Cn4n[n+]([O-])c5ccc(Cl)cc54)cc32)c(C)c1. The van der Waals surface area contributed by atoms with Gasteiger partial charge in [-0.2, -0.15) is 0 Å². The van der Waals surface area contributed by atoms with Crippen LogP contribution in [0.25, 0.3) is 11.0 Å².